The molecule has 0 heterocycles. The first-order valence-corrected chi connectivity index (χ1v) is 6.40. The molecule has 0 aliphatic rings. The zero-order valence-corrected chi connectivity index (χ0v) is 11.6. The fourth-order valence-corrected chi connectivity index (χ4v) is 2.26. The number of anilines is 1. The first kappa shape index (κ1) is 14.1. The van der Waals surface area contributed by atoms with E-state index in [9.17, 15) is 8.78 Å². The van der Waals surface area contributed by atoms with Crippen molar-refractivity contribution in [2.24, 2.45) is 0 Å². The maximum atomic E-state index is 13.5. The molecule has 0 bridgehead atoms. The highest BCUT2D eigenvalue weighted by atomic mass is 35.5. The molecule has 1 N–H and O–H groups in total. The maximum absolute atomic E-state index is 13.5. The fraction of sp³-hybridized carbons (Fsp3) is 0.143. The lowest BCUT2D eigenvalue weighted by Crippen LogP contribution is -2.10. The molecule has 0 saturated heterocycles. The molecule has 1 nitrogen and oxygen atoms in total. The SMILES string of the molecule is CC(Nc1c(F)cccc1F)c1cccc(Cl)c1Cl. The maximum Gasteiger partial charge on any atom is 0.149 e. The number of halogens is 4. The molecular formula is C14H11Cl2F2N. The molecule has 2 rings (SSSR count). The van der Waals surface area contributed by atoms with Gasteiger partial charge in [-0.15, -0.1) is 0 Å². The lowest BCUT2D eigenvalue weighted by atomic mass is 10.1. The smallest absolute Gasteiger partial charge is 0.149 e. The summed E-state index contributed by atoms with van der Waals surface area (Å²) in [7, 11) is 0. The van der Waals surface area contributed by atoms with Gasteiger partial charge >= 0.3 is 0 Å². The van der Waals surface area contributed by atoms with Crippen molar-refractivity contribution >= 4 is 28.9 Å². The van der Waals surface area contributed by atoms with Gasteiger partial charge in [-0.25, -0.2) is 8.78 Å². The normalized spacial score (nSPS) is 12.3. The first-order valence-electron chi connectivity index (χ1n) is 5.65. The van der Waals surface area contributed by atoms with E-state index in [1.54, 1.807) is 25.1 Å². The molecular weight excluding hydrogens is 291 g/mol. The monoisotopic (exact) mass is 301 g/mol. The third-order valence-corrected chi connectivity index (χ3v) is 3.61. The predicted octanol–water partition coefficient (Wildman–Crippen LogP) is 5.44. The van der Waals surface area contributed by atoms with Gasteiger partial charge < -0.3 is 5.32 Å². The Labute approximate surface area is 120 Å². The van der Waals surface area contributed by atoms with Gasteiger partial charge in [-0.05, 0) is 30.7 Å². The van der Waals surface area contributed by atoms with Crippen LogP contribution in [0.1, 0.15) is 18.5 Å². The van der Waals surface area contributed by atoms with Crippen LogP contribution in [0.3, 0.4) is 0 Å². The van der Waals surface area contributed by atoms with E-state index < -0.39 is 11.6 Å². The lowest BCUT2D eigenvalue weighted by molar-refractivity contribution is 0.584. The molecule has 0 radical (unpaired) electrons. The van der Waals surface area contributed by atoms with E-state index >= 15 is 0 Å². The van der Waals surface area contributed by atoms with Crippen LogP contribution >= 0.6 is 23.2 Å². The van der Waals surface area contributed by atoms with Crippen LogP contribution in [0.5, 0.6) is 0 Å². The van der Waals surface area contributed by atoms with Gasteiger partial charge in [-0.2, -0.15) is 0 Å². The summed E-state index contributed by atoms with van der Waals surface area (Å²) in [5, 5.41) is 3.55. The van der Waals surface area contributed by atoms with Crippen LogP contribution in [0.4, 0.5) is 14.5 Å². The first-order chi connectivity index (χ1) is 9.00. The van der Waals surface area contributed by atoms with E-state index in [4.69, 9.17) is 23.2 Å². The van der Waals surface area contributed by atoms with Crippen LogP contribution in [-0.4, -0.2) is 0 Å². The van der Waals surface area contributed by atoms with Crippen molar-refractivity contribution in [3.8, 4) is 0 Å². The van der Waals surface area contributed by atoms with Gasteiger partial charge in [0.2, 0.25) is 0 Å². The molecule has 2 aromatic carbocycles. The molecule has 100 valence electrons. The molecule has 0 aromatic heterocycles. The molecule has 0 fully saturated rings. The van der Waals surface area contributed by atoms with Crippen molar-refractivity contribution in [2.75, 3.05) is 5.32 Å². The van der Waals surface area contributed by atoms with Gasteiger partial charge in [0.15, 0.2) is 0 Å². The van der Waals surface area contributed by atoms with Gasteiger partial charge in [-0.1, -0.05) is 41.4 Å². The quantitative estimate of drug-likeness (QED) is 0.795. The average Bonchev–Trinajstić information content (AvgIpc) is 2.37. The van der Waals surface area contributed by atoms with Gasteiger partial charge in [0.05, 0.1) is 16.1 Å². The second kappa shape index (κ2) is 5.76. The topological polar surface area (TPSA) is 12.0 Å². The van der Waals surface area contributed by atoms with Gasteiger partial charge in [0.1, 0.15) is 17.3 Å². The number of nitrogens with one attached hydrogen (secondary N) is 1. The van der Waals surface area contributed by atoms with Gasteiger partial charge in [0.25, 0.3) is 0 Å². The van der Waals surface area contributed by atoms with E-state index in [2.05, 4.69) is 5.32 Å². The van der Waals surface area contributed by atoms with Crippen molar-refractivity contribution in [1.82, 2.24) is 0 Å². The summed E-state index contributed by atoms with van der Waals surface area (Å²) in [6.07, 6.45) is 0. The standard InChI is InChI=1S/C14H11Cl2F2N/c1-8(9-4-2-5-10(15)13(9)16)19-14-11(17)6-3-7-12(14)18/h2-8,19H,1H3. The Bertz CT molecular complexity index is 582. The van der Waals surface area contributed by atoms with Gasteiger partial charge in [0, 0.05) is 0 Å². The average molecular weight is 302 g/mol. The van der Waals surface area contributed by atoms with Crippen LogP contribution in [0.15, 0.2) is 36.4 Å². The van der Waals surface area contributed by atoms with Crippen molar-refractivity contribution in [3.05, 3.63) is 63.6 Å². The third kappa shape index (κ3) is 2.99. The van der Waals surface area contributed by atoms with E-state index in [1.807, 2.05) is 0 Å². The summed E-state index contributed by atoms with van der Waals surface area (Å²) in [6.45, 7) is 1.75. The number of hydrogen-bond acceptors (Lipinski definition) is 1. The van der Waals surface area contributed by atoms with Crippen LogP contribution in [0, 0.1) is 11.6 Å². The molecule has 0 amide bonds. The molecule has 0 spiro atoms. The predicted molar refractivity (Wildman–Crippen MR) is 74.9 cm³/mol. The molecule has 5 heteroatoms. The van der Waals surface area contributed by atoms with Crippen molar-refractivity contribution < 1.29 is 8.78 Å². The summed E-state index contributed by atoms with van der Waals surface area (Å²) in [6, 6.07) is 8.47. The lowest BCUT2D eigenvalue weighted by Gasteiger charge is -2.18. The number of benzene rings is 2. The second-order valence-corrected chi connectivity index (χ2v) is 4.89. The van der Waals surface area contributed by atoms with Crippen LogP contribution in [0.25, 0.3) is 0 Å². The van der Waals surface area contributed by atoms with Crippen LogP contribution in [-0.2, 0) is 0 Å². The van der Waals surface area contributed by atoms with E-state index in [0.717, 1.165) is 0 Å². The summed E-state index contributed by atoms with van der Waals surface area (Å²) < 4.78 is 27.1. The Morgan fingerprint density at radius 3 is 2.21 bits per heavy atom. The van der Waals surface area contributed by atoms with E-state index in [0.29, 0.717) is 15.6 Å². The molecule has 0 aliphatic heterocycles. The minimum Gasteiger partial charge on any atom is -0.374 e. The molecule has 19 heavy (non-hydrogen) atoms. The van der Waals surface area contributed by atoms with E-state index in [-0.39, 0.29) is 11.7 Å². The van der Waals surface area contributed by atoms with E-state index in [1.165, 1.54) is 18.2 Å². The van der Waals surface area contributed by atoms with Gasteiger partial charge in [-0.3, -0.25) is 0 Å². The van der Waals surface area contributed by atoms with Crippen LogP contribution < -0.4 is 5.32 Å². The Morgan fingerprint density at radius 2 is 1.58 bits per heavy atom. The summed E-state index contributed by atoms with van der Waals surface area (Å²) in [5.41, 5.74) is 0.503. The van der Waals surface area contributed by atoms with Crippen molar-refractivity contribution in [1.29, 1.82) is 0 Å². The number of rotatable bonds is 3. The highest BCUT2D eigenvalue weighted by Gasteiger charge is 2.15. The number of hydrogen-bond donors (Lipinski definition) is 1. The Hall–Kier alpha value is -1.32. The largest absolute Gasteiger partial charge is 0.374 e. The second-order valence-electron chi connectivity index (χ2n) is 4.11. The molecule has 2 aromatic rings. The van der Waals surface area contributed by atoms with Crippen molar-refractivity contribution in [3.63, 3.8) is 0 Å². The molecule has 0 saturated carbocycles. The Balaban J connectivity index is 2.31. The third-order valence-electron chi connectivity index (χ3n) is 2.77. The summed E-state index contributed by atoms with van der Waals surface area (Å²) in [4.78, 5) is 0. The molecule has 1 unspecified atom stereocenters. The minimum atomic E-state index is -0.648. The highest BCUT2D eigenvalue weighted by molar-refractivity contribution is 6.42. The Morgan fingerprint density at radius 1 is 1.00 bits per heavy atom. The Kier molecular flexibility index (Phi) is 4.27. The zero-order chi connectivity index (χ0) is 14.0. The molecule has 0 aliphatic carbocycles. The molecule has 1 atom stereocenters. The fourth-order valence-electron chi connectivity index (χ4n) is 1.78. The highest BCUT2D eigenvalue weighted by Crippen LogP contribution is 2.32. The summed E-state index contributed by atoms with van der Waals surface area (Å²) >= 11 is 12.0. The number of para-hydroxylation sites is 1. The minimum absolute atomic E-state index is 0.175. The van der Waals surface area contributed by atoms with Crippen LogP contribution in [0.2, 0.25) is 10.0 Å². The summed E-state index contributed by atoms with van der Waals surface area (Å²) in [5.74, 6) is -1.30. The van der Waals surface area contributed by atoms with Crippen molar-refractivity contribution in [2.45, 2.75) is 13.0 Å². The zero-order valence-electron chi connectivity index (χ0n) is 10.1.